The predicted molar refractivity (Wildman–Crippen MR) is 50.0 cm³/mol. The predicted octanol–water partition coefficient (Wildman–Crippen LogP) is 1.36. The molecule has 0 unspecified atom stereocenters. The molecular formula is C9H9NO5. The zero-order chi connectivity index (χ0) is 11.6. The van der Waals surface area contributed by atoms with Gasteiger partial charge in [-0.15, -0.1) is 10.1 Å². The minimum Gasteiger partial charge on any atom is -0.508 e. The van der Waals surface area contributed by atoms with E-state index in [1.54, 1.807) is 13.8 Å². The number of nitrogens with zero attached hydrogens (tertiary/aromatic N) is 1. The Bertz CT molecular complexity index is 427. The Morgan fingerprint density at radius 3 is 2.53 bits per heavy atom. The van der Waals surface area contributed by atoms with Gasteiger partial charge in [-0.2, -0.15) is 0 Å². The summed E-state index contributed by atoms with van der Waals surface area (Å²) >= 11 is 0. The van der Waals surface area contributed by atoms with Gasteiger partial charge in [-0.25, -0.2) is 4.84 Å². The van der Waals surface area contributed by atoms with Gasteiger partial charge < -0.3 is 5.11 Å². The molecule has 0 spiro atoms. The van der Waals surface area contributed by atoms with Crippen LogP contribution < -0.4 is 0 Å². The van der Waals surface area contributed by atoms with E-state index in [0.717, 1.165) is 0 Å². The molecule has 1 N–H and O–H groups in total. The molecule has 1 rings (SSSR count). The highest BCUT2D eigenvalue weighted by molar-refractivity contribution is 5.91. The van der Waals surface area contributed by atoms with Gasteiger partial charge in [0.2, 0.25) is 0 Å². The topological polar surface area (TPSA) is 89.7 Å². The van der Waals surface area contributed by atoms with E-state index in [-0.39, 0.29) is 11.3 Å². The Balaban J connectivity index is 3.11. The molecule has 0 aromatic heterocycles. The van der Waals surface area contributed by atoms with Crippen LogP contribution in [0.4, 0.5) is 0 Å². The third kappa shape index (κ3) is 2.22. The van der Waals surface area contributed by atoms with Gasteiger partial charge in [0.15, 0.2) is 0 Å². The van der Waals surface area contributed by atoms with Crippen LogP contribution in [0.15, 0.2) is 12.1 Å². The molecule has 0 saturated heterocycles. The molecule has 1 aromatic rings. The summed E-state index contributed by atoms with van der Waals surface area (Å²) in [6.07, 6.45) is 0. The van der Waals surface area contributed by atoms with E-state index >= 15 is 0 Å². The normalized spacial score (nSPS) is 9.73. The highest BCUT2D eigenvalue weighted by Crippen LogP contribution is 2.23. The Labute approximate surface area is 85.2 Å². The lowest BCUT2D eigenvalue weighted by molar-refractivity contribution is -0.727. The van der Waals surface area contributed by atoms with Gasteiger partial charge in [0, 0.05) is 5.56 Å². The second-order valence-corrected chi connectivity index (χ2v) is 2.98. The van der Waals surface area contributed by atoms with Crippen LogP contribution in [0, 0.1) is 24.0 Å². The number of phenols is 1. The summed E-state index contributed by atoms with van der Waals surface area (Å²) in [5, 5.41) is 18.1. The van der Waals surface area contributed by atoms with E-state index in [0.29, 0.717) is 11.1 Å². The van der Waals surface area contributed by atoms with Crippen molar-refractivity contribution >= 4 is 5.97 Å². The smallest absolute Gasteiger partial charge is 0.334 e. The minimum atomic E-state index is -1.16. The summed E-state index contributed by atoms with van der Waals surface area (Å²) in [5.74, 6) is -1.01. The number of rotatable bonds is 2. The molecule has 0 fully saturated rings. The molecule has 0 radical (unpaired) electrons. The monoisotopic (exact) mass is 211 g/mol. The summed E-state index contributed by atoms with van der Waals surface area (Å²) < 4.78 is 0. The van der Waals surface area contributed by atoms with E-state index < -0.39 is 11.1 Å². The Kier molecular flexibility index (Phi) is 2.89. The van der Waals surface area contributed by atoms with Crippen LogP contribution in [-0.4, -0.2) is 16.2 Å². The third-order valence-electron chi connectivity index (χ3n) is 2.14. The van der Waals surface area contributed by atoms with Crippen LogP contribution in [0.1, 0.15) is 21.5 Å². The second kappa shape index (κ2) is 3.95. The Morgan fingerprint density at radius 1 is 1.40 bits per heavy atom. The van der Waals surface area contributed by atoms with Gasteiger partial charge in [0.1, 0.15) is 5.75 Å². The lowest BCUT2D eigenvalue weighted by atomic mass is 10.0. The van der Waals surface area contributed by atoms with Crippen molar-refractivity contribution in [3.8, 4) is 5.75 Å². The highest BCUT2D eigenvalue weighted by Gasteiger charge is 2.15. The Morgan fingerprint density at radius 2 is 2.00 bits per heavy atom. The SMILES string of the molecule is Cc1c(O)ccc(C(=O)O[N+](=O)[O-])c1C. The average molecular weight is 211 g/mol. The van der Waals surface area contributed by atoms with Gasteiger partial charge in [-0.3, -0.25) is 4.79 Å². The quantitative estimate of drug-likeness (QED) is 0.589. The second-order valence-electron chi connectivity index (χ2n) is 2.98. The van der Waals surface area contributed by atoms with Crippen LogP contribution in [0.5, 0.6) is 5.75 Å². The number of aromatic hydroxyl groups is 1. The number of carbonyl (C=O) groups is 1. The molecule has 0 aliphatic heterocycles. The summed E-state index contributed by atoms with van der Waals surface area (Å²) in [4.78, 5) is 25.0. The minimum absolute atomic E-state index is 0.0325. The van der Waals surface area contributed by atoms with Gasteiger partial charge in [-0.05, 0) is 37.1 Å². The summed E-state index contributed by atoms with van der Waals surface area (Å²) in [6, 6.07) is 2.57. The molecule has 0 amide bonds. The lowest BCUT2D eigenvalue weighted by Crippen LogP contribution is -2.12. The Hall–Kier alpha value is -2.11. The number of hydrogen-bond acceptors (Lipinski definition) is 5. The molecule has 0 saturated carbocycles. The van der Waals surface area contributed by atoms with Crippen molar-refractivity contribution in [1.29, 1.82) is 0 Å². The number of benzene rings is 1. The van der Waals surface area contributed by atoms with E-state index in [1.165, 1.54) is 12.1 Å². The molecule has 6 heteroatoms. The first-order valence-electron chi connectivity index (χ1n) is 4.09. The zero-order valence-electron chi connectivity index (χ0n) is 8.18. The van der Waals surface area contributed by atoms with Crippen molar-refractivity contribution in [2.24, 2.45) is 0 Å². The fraction of sp³-hybridized carbons (Fsp3) is 0.222. The molecule has 0 heterocycles. The summed E-state index contributed by atoms with van der Waals surface area (Å²) in [5.41, 5.74) is 1.02. The fourth-order valence-electron chi connectivity index (χ4n) is 1.14. The van der Waals surface area contributed by atoms with Gasteiger partial charge in [0.05, 0.1) is 0 Å². The third-order valence-corrected chi connectivity index (χ3v) is 2.14. The van der Waals surface area contributed by atoms with Crippen molar-refractivity contribution < 1.29 is 19.8 Å². The summed E-state index contributed by atoms with van der Waals surface area (Å²) in [6.45, 7) is 3.18. The van der Waals surface area contributed by atoms with Crippen LogP contribution in [0.25, 0.3) is 0 Å². The first-order valence-corrected chi connectivity index (χ1v) is 4.09. The molecule has 0 aliphatic rings. The molecule has 0 atom stereocenters. The molecule has 80 valence electrons. The van der Waals surface area contributed by atoms with E-state index in [2.05, 4.69) is 4.84 Å². The standard InChI is InChI=1S/C9H9NO5/c1-5-6(2)8(11)4-3-7(5)9(12)15-10(13)14/h3-4,11H,1-2H3. The number of phenolic OH excluding ortho intramolecular Hbond substituents is 1. The zero-order valence-corrected chi connectivity index (χ0v) is 8.18. The van der Waals surface area contributed by atoms with Gasteiger partial charge >= 0.3 is 11.1 Å². The van der Waals surface area contributed by atoms with E-state index in [4.69, 9.17) is 0 Å². The maximum atomic E-state index is 11.2. The molecule has 0 aliphatic carbocycles. The van der Waals surface area contributed by atoms with E-state index in [1.807, 2.05) is 0 Å². The van der Waals surface area contributed by atoms with Crippen molar-refractivity contribution in [3.63, 3.8) is 0 Å². The van der Waals surface area contributed by atoms with Gasteiger partial charge in [-0.1, -0.05) is 0 Å². The van der Waals surface area contributed by atoms with Crippen LogP contribution in [0.3, 0.4) is 0 Å². The maximum absolute atomic E-state index is 11.2. The molecule has 1 aromatic carbocycles. The molecule has 15 heavy (non-hydrogen) atoms. The number of hydrogen-bond donors (Lipinski definition) is 1. The number of carbonyl (C=O) groups excluding carboxylic acids is 1. The van der Waals surface area contributed by atoms with Gasteiger partial charge in [0.25, 0.3) is 0 Å². The first kappa shape index (κ1) is 11.0. The van der Waals surface area contributed by atoms with E-state index in [9.17, 15) is 20.0 Å². The van der Waals surface area contributed by atoms with Crippen molar-refractivity contribution in [3.05, 3.63) is 38.9 Å². The average Bonchev–Trinajstić information content (AvgIpc) is 2.13. The van der Waals surface area contributed by atoms with Crippen LogP contribution in [0.2, 0.25) is 0 Å². The van der Waals surface area contributed by atoms with Crippen LogP contribution >= 0.6 is 0 Å². The highest BCUT2D eigenvalue weighted by atomic mass is 17.0. The van der Waals surface area contributed by atoms with Crippen molar-refractivity contribution in [1.82, 2.24) is 0 Å². The van der Waals surface area contributed by atoms with Crippen molar-refractivity contribution in [2.45, 2.75) is 13.8 Å². The largest absolute Gasteiger partial charge is 0.508 e. The van der Waals surface area contributed by atoms with Crippen LogP contribution in [-0.2, 0) is 4.84 Å². The molecule has 6 nitrogen and oxygen atoms in total. The maximum Gasteiger partial charge on any atom is 0.334 e. The molecule has 0 bridgehead atoms. The first-order chi connectivity index (χ1) is 6.93. The summed E-state index contributed by atoms with van der Waals surface area (Å²) in [7, 11) is 0. The lowest BCUT2D eigenvalue weighted by Gasteiger charge is -2.07. The molecular weight excluding hydrogens is 202 g/mol. The van der Waals surface area contributed by atoms with Crippen molar-refractivity contribution in [2.75, 3.05) is 0 Å². The fourth-order valence-corrected chi connectivity index (χ4v) is 1.14.